The summed E-state index contributed by atoms with van der Waals surface area (Å²) in [6.45, 7) is 7.68. The molecule has 5 nitrogen and oxygen atoms in total. The summed E-state index contributed by atoms with van der Waals surface area (Å²) in [6.07, 6.45) is 6.69. The molecule has 2 aromatic rings. The Bertz CT molecular complexity index is 670. The highest BCUT2D eigenvalue weighted by molar-refractivity contribution is 5.60. The van der Waals surface area contributed by atoms with Crippen LogP contribution in [0.2, 0.25) is 0 Å². The molecular formula is C19H27N5. The van der Waals surface area contributed by atoms with Crippen molar-refractivity contribution < 1.29 is 0 Å². The molecule has 1 unspecified atom stereocenters. The highest BCUT2D eigenvalue weighted by Gasteiger charge is 2.22. The van der Waals surface area contributed by atoms with E-state index >= 15 is 0 Å². The Morgan fingerprint density at radius 1 is 1.25 bits per heavy atom. The van der Waals surface area contributed by atoms with E-state index in [1.54, 1.807) is 6.20 Å². The van der Waals surface area contributed by atoms with Crippen molar-refractivity contribution in [1.29, 1.82) is 0 Å². The molecule has 1 aromatic carbocycles. The monoisotopic (exact) mass is 325 g/mol. The van der Waals surface area contributed by atoms with Crippen LogP contribution in [0.4, 0.5) is 17.5 Å². The smallest absolute Gasteiger partial charge is 0.249 e. The molecule has 1 N–H and O–H groups in total. The van der Waals surface area contributed by atoms with Crippen LogP contribution in [-0.2, 0) is 0 Å². The van der Waals surface area contributed by atoms with Crippen LogP contribution in [0.25, 0.3) is 0 Å². The third-order valence-corrected chi connectivity index (χ3v) is 4.77. The Morgan fingerprint density at radius 3 is 2.88 bits per heavy atom. The number of hydrogen-bond donors (Lipinski definition) is 1. The summed E-state index contributed by atoms with van der Waals surface area (Å²) in [5, 5.41) is 11.7. The van der Waals surface area contributed by atoms with E-state index in [0.717, 1.165) is 24.5 Å². The number of para-hydroxylation sites is 1. The quantitative estimate of drug-likeness (QED) is 0.876. The molecule has 0 amide bonds. The van der Waals surface area contributed by atoms with Crippen molar-refractivity contribution in [3.05, 3.63) is 36.0 Å². The fourth-order valence-corrected chi connectivity index (χ4v) is 3.45. The zero-order chi connectivity index (χ0) is 16.9. The van der Waals surface area contributed by atoms with E-state index in [1.807, 2.05) is 6.07 Å². The van der Waals surface area contributed by atoms with Crippen molar-refractivity contribution in [2.24, 2.45) is 0 Å². The van der Waals surface area contributed by atoms with E-state index < -0.39 is 0 Å². The first-order valence-corrected chi connectivity index (χ1v) is 9.01. The van der Waals surface area contributed by atoms with Crippen LogP contribution < -0.4 is 10.2 Å². The molecule has 5 heteroatoms. The minimum atomic E-state index is 0.441. The predicted molar refractivity (Wildman–Crippen MR) is 98.9 cm³/mol. The van der Waals surface area contributed by atoms with E-state index in [2.05, 4.69) is 59.4 Å². The van der Waals surface area contributed by atoms with Gasteiger partial charge in [-0.1, -0.05) is 39.0 Å². The van der Waals surface area contributed by atoms with Gasteiger partial charge in [-0.15, -0.1) is 5.10 Å². The molecule has 2 heterocycles. The third kappa shape index (κ3) is 3.66. The van der Waals surface area contributed by atoms with Gasteiger partial charge in [0.15, 0.2) is 5.82 Å². The zero-order valence-electron chi connectivity index (χ0n) is 14.9. The second-order valence-corrected chi connectivity index (χ2v) is 6.76. The van der Waals surface area contributed by atoms with Gasteiger partial charge >= 0.3 is 0 Å². The number of piperidine rings is 1. The average molecular weight is 325 g/mol. The van der Waals surface area contributed by atoms with Crippen LogP contribution in [-0.4, -0.2) is 27.8 Å². The Labute approximate surface area is 144 Å². The highest BCUT2D eigenvalue weighted by Crippen LogP contribution is 2.28. The zero-order valence-corrected chi connectivity index (χ0v) is 14.9. The molecule has 24 heavy (non-hydrogen) atoms. The molecule has 0 bridgehead atoms. The van der Waals surface area contributed by atoms with Gasteiger partial charge in [0.2, 0.25) is 5.95 Å². The second-order valence-electron chi connectivity index (χ2n) is 6.76. The summed E-state index contributed by atoms with van der Waals surface area (Å²) in [7, 11) is 0. The minimum Gasteiger partial charge on any atom is -0.352 e. The van der Waals surface area contributed by atoms with E-state index in [9.17, 15) is 0 Å². The molecule has 0 spiro atoms. The van der Waals surface area contributed by atoms with E-state index in [-0.39, 0.29) is 0 Å². The predicted octanol–water partition coefficient (Wildman–Crippen LogP) is 4.51. The van der Waals surface area contributed by atoms with Crippen LogP contribution in [0.3, 0.4) is 0 Å². The summed E-state index contributed by atoms with van der Waals surface area (Å²) in [5.74, 6) is 1.94. The van der Waals surface area contributed by atoms with Crippen molar-refractivity contribution in [1.82, 2.24) is 15.2 Å². The van der Waals surface area contributed by atoms with Crippen LogP contribution in [0.15, 0.2) is 30.5 Å². The van der Waals surface area contributed by atoms with Crippen molar-refractivity contribution >= 4 is 17.5 Å². The van der Waals surface area contributed by atoms with Gasteiger partial charge in [-0.3, -0.25) is 0 Å². The number of benzene rings is 1. The molecule has 3 rings (SSSR count). The van der Waals surface area contributed by atoms with Crippen LogP contribution >= 0.6 is 0 Å². The number of rotatable bonds is 5. The molecule has 0 saturated carbocycles. The van der Waals surface area contributed by atoms with E-state index in [4.69, 9.17) is 4.98 Å². The maximum Gasteiger partial charge on any atom is 0.249 e. The lowest BCUT2D eigenvalue weighted by molar-refractivity contribution is 0.446. The second kappa shape index (κ2) is 7.60. The lowest BCUT2D eigenvalue weighted by Crippen LogP contribution is -2.39. The van der Waals surface area contributed by atoms with Gasteiger partial charge < -0.3 is 10.2 Å². The van der Waals surface area contributed by atoms with E-state index in [1.165, 1.54) is 24.8 Å². The molecule has 1 aliphatic rings. The largest absolute Gasteiger partial charge is 0.352 e. The number of aromatic nitrogens is 3. The normalized spacial score (nSPS) is 18.0. The molecule has 1 fully saturated rings. The first-order valence-electron chi connectivity index (χ1n) is 9.01. The number of nitrogens with one attached hydrogen (secondary N) is 1. The standard InChI is InChI=1S/C19H27N5/c1-4-15-9-7-8-12-24(15)18-13-20-23-19(22-18)21-17-11-6-5-10-16(17)14(2)3/h5-6,10-11,13-15H,4,7-9,12H2,1-3H3,(H,21,22,23). The molecule has 128 valence electrons. The molecule has 1 saturated heterocycles. The Morgan fingerprint density at radius 2 is 2.08 bits per heavy atom. The van der Waals surface area contributed by atoms with Crippen LogP contribution in [0.1, 0.15) is 57.9 Å². The molecule has 1 atom stereocenters. The van der Waals surface area contributed by atoms with Gasteiger partial charge in [-0.05, 0) is 43.2 Å². The number of anilines is 3. The third-order valence-electron chi connectivity index (χ3n) is 4.77. The van der Waals surface area contributed by atoms with Gasteiger partial charge in [0.1, 0.15) is 0 Å². The number of hydrogen-bond acceptors (Lipinski definition) is 5. The molecule has 1 aromatic heterocycles. The van der Waals surface area contributed by atoms with Gasteiger partial charge in [-0.2, -0.15) is 10.1 Å². The fourth-order valence-electron chi connectivity index (χ4n) is 3.45. The van der Waals surface area contributed by atoms with Crippen molar-refractivity contribution in [3.8, 4) is 0 Å². The maximum absolute atomic E-state index is 4.73. The SMILES string of the molecule is CCC1CCCCN1c1cnnc(Nc2ccccc2C(C)C)n1. The average Bonchev–Trinajstić information content (AvgIpc) is 2.62. The highest BCUT2D eigenvalue weighted by atomic mass is 15.3. The fraction of sp³-hybridized carbons (Fsp3) is 0.526. The molecule has 1 aliphatic heterocycles. The first-order chi connectivity index (χ1) is 11.7. The van der Waals surface area contributed by atoms with Gasteiger partial charge in [0, 0.05) is 18.3 Å². The van der Waals surface area contributed by atoms with E-state index in [0.29, 0.717) is 17.9 Å². The van der Waals surface area contributed by atoms with Gasteiger partial charge in [-0.25, -0.2) is 0 Å². The summed E-state index contributed by atoms with van der Waals surface area (Å²) in [5.41, 5.74) is 2.31. The lowest BCUT2D eigenvalue weighted by Gasteiger charge is -2.35. The summed E-state index contributed by atoms with van der Waals surface area (Å²) >= 11 is 0. The molecule has 0 radical (unpaired) electrons. The summed E-state index contributed by atoms with van der Waals surface area (Å²) < 4.78 is 0. The summed E-state index contributed by atoms with van der Waals surface area (Å²) in [4.78, 5) is 7.12. The van der Waals surface area contributed by atoms with Crippen molar-refractivity contribution in [3.63, 3.8) is 0 Å². The summed E-state index contributed by atoms with van der Waals surface area (Å²) in [6, 6.07) is 8.87. The lowest BCUT2D eigenvalue weighted by atomic mass is 10.0. The Balaban J connectivity index is 1.83. The maximum atomic E-state index is 4.73. The molecule has 0 aliphatic carbocycles. The van der Waals surface area contributed by atoms with Crippen molar-refractivity contribution in [2.45, 2.75) is 58.4 Å². The Kier molecular flexibility index (Phi) is 5.28. The van der Waals surface area contributed by atoms with Crippen molar-refractivity contribution in [2.75, 3.05) is 16.8 Å². The van der Waals surface area contributed by atoms with Crippen LogP contribution in [0.5, 0.6) is 0 Å². The minimum absolute atomic E-state index is 0.441. The van der Waals surface area contributed by atoms with Gasteiger partial charge in [0.25, 0.3) is 0 Å². The Hall–Kier alpha value is -2.17. The van der Waals surface area contributed by atoms with Crippen LogP contribution in [0, 0.1) is 0 Å². The molecular weight excluding hydrogens is 298 g/mol. The topological polar surface area (TPSA) is 53.9 Å². The number of nitrogens with zero attached hydrogens (tertiary/aromatic N) is 4. The first kappa shape index (κ1) is 16.7. The van der Waals surface area contributed by atoms with Gasteiger partial charge in [0.05, 0.1) is 6.20 Å².